The number of rotatable bonds is 7. The first-order valence-corrected chi connectivity index (χ1v) is 9.76. The molecule has 0 saturated heterocycles. The Labute approximate surface area is 168 Å². The van der Waals surface area contributed by atoms with Crippen LogP contribution in [0.2, 0.25) is 0 Å². The number of nitrogens with two attached hydrogens (primary N) is 1. The van der Waals surface area contributed by atoms with Gasteiger partial charge in [-0.15, -0.1) is 0 Å². The Bertz CT molecular complexity index is 862. The van der Waals surface area contributed by atoms with Crippen molar-refractivity contribution < 1.29 is 14.6 Å². The van der Waals surface area contributed by atoms with Crippen molar-refractivity contribution >= 4 is 17.5 Å². The summed E-state index contributed by atoms with van der Waals surface area (Å²) in [5, 5.41) is 10.9. The van der Waals surface area contributed by atoms with Crippen molar-refractivity contribution in [1.29, 1.82) is 0 Å². The fourth-order valence-electron chi connectivity index (χ4n) is 3.01. The second-order valence-corrected chi connectivity index (χ2v) is 7.94. The van der Waals surface area contributed by atoms with E-state index in [1.54, 1.807) is 30.3 Å². The van der Waals surface area contributed by atoms with Gasteiger partial charge in [0.2, 0.25) is 0 Å². The van der Waals surface area contributed by atoms with Crippen LogP contribution in [-0.4, -0.2) is 17.0 Å². The van der Waals surface area contributed by atoms with Gasteiger partial charge >= 0.3 is 0 Å². The lowest BCUT2D eigenvalue weighted by molar-refractivity contribution is 0.104. The minimum absolute atomic E-state index is 0.0539. The lowest BCUT2D eigenvalue weighted by Crippen LogP contribution is -2.11. The second-order valence-electron chi connectivity index (χ2n) is 7.94. The van der Waals surface area contributed by atoms with E-state index in [9.17, 15) is 9.90 Å². The first-order chi connectivity index (χ1) is 13.1. The fourth-order valence-corrected chi connectivity index (χ4v) is 3.01. The summed E-state index contributed by atoms with van der Waals surface area (Å²) in [6.45, 7) is 12.2. The molecule has 0 aromatic heterocycles. The molecule has 2 rings (SSSR count). The molecule has 0 aliphatic rings. The van der Waals surface area contributed by atoms with Gasteiger partial charge in [-0.25, -0.2) is 0 Å². The number of allylic oxidation sites excluding steroid dienone is 1. The molecule has 3 N–H and O–H groups in total. The summed E-state index contributed by atoms with van der Waals surface area (Å²) in [5.41, 5.74) is 9.26. The van der Waals surface area contributed by atoms with Crippen molar-refractivity contribution in [3.8, 4) is 11.5 Å². The summed E-state index contributed by atoms with van der Waals surface area (Å²) in [6, 6.07) is 8.79. The van der Waals surface area contributed by atoms with Gasteiger partial charge in [0.15, 0.2) is 5.78 Å². The molecule has 150 valence electrons. The molecular weight excluding hydrogens is 350 g/mol. The van der Waals surface area contributed by atoms with Crippen LogP contribution in [0, 0.1) is 0 Å². The molecule has 2 aromatic rings. The molecule has 0 amide bonds. The molecule has 0 saturated carbocycles. The van der Waals surface area contributed by atoms with Crippen LogP contribution in [0.15, 0.2) is 36.4 Å². The summed E-state index contributed by atoms with van der Waals surface area (Å²) >= 11 is 0. The SMILES string of the molecule is CC(C)Oc1c(C(C)C)cc(C(C)C)c(O)c1/C=C/C(=O)c1ccc(N)cc1. The van der Waals surface area contributed by atoms with Crippen molar-refractivity contribution in [3.05, 3.63) is 58.7 Å². The molecule has 28 heavy (non-hydrogen) atoms. The molecule has 0 radical (unpaired) electrons. The quantitative estimate of drug-likeness (QED) is 0.355. The maximum atomic E-state index is 12.6. The molecule has 0 bridgehead atoms. The highest BCUT2D eigenvalue weighted by Crippen LogP contribution is 2.42. The number of carbonyl (C=O) groups excluding carboxylic acids is 1. The molecule has 4 nitrogen and oxygen atoms in total. The first-order valence-electron chi connectivity index (χ1n) is 9.76. The Morgan fingerprint density at radius 1 is 1.00 bits per heavy atom. The lowest BCUT2D eigenvalue weighted by Gasteiger charge is -2.23. The molecule has 0 atom stereocenters. The number of nitrogen functional groups attached to an aromatic ring is 1. The van der Waals surface area contributed by atoms with Crippen molar-refractivity contribution in [3.63, 3.8) is 0 Å². The third-order valence-corrected chi connectivity index (χ3v) is 4.54. The number of ketones is 1. The van der Waals surface area contributed by atoms with Crippen LogP contribution in [0.25, 0.3) is 6.08 Å². The molecule has 0 heterocycles. The number of phenols is 1. The minimum atomic E-state index is -0.157. The monoisotopic (exact) mass is 381 g/mol. The van der Waals surface area contributed by atoms with Gasteiger partial charge < -0.3 is 15.6 Å². The van der Waals surface area contributed by atoms with Crippen LogP contribution in [0.4, 0.5) is 5.69 Å². The summed E-state index contributed by atoms with van der Waals surface area (Å²) in [7, 11) is 0. The molecule has 2 aromatic carbocycles. The molecule has 0 unspecified atom stereocenters. The van der Waals surface area contributed by atoms with Crippen LogP contribution in [-0.2, 0) is 0 Å². The van der Waals surface area contributed by atoms with Crippen LogP contribution < -0.4 is 10.5 Å². The third-order valence-electron chi connectivity index (χ3n) is 4.54. The van der Waals surface area contributed by atoms with Gasteiger partial charge in [0.25, 0.3) is 0 Å². The van der Waals surface area contributed by atoms with Gasteiger partial charge in [0, 0.05) is 11.3 Å². The highest BCUT2D eigenvalue weighted by molar-refractivity contribution is 6.07. The lowest BCUT2D eigenvalue weighted by atomic mass is 9.90. The third kappa shape index (κ3) is 4.94. The molecule has 0 spiro atoms. The highest BCUT2D eigenvalue weighted by Gasteiger charge is 2.21. The number of ether oxygens (including phenoxy) is 1. The number of aromatic hydroxyl groups is 1. The Balaban J connectivity index is 2.58. The van der Waals surface area contributed by atoms with E-state index in [2.05, 4.69) is 13.8 Å². The summed E-state index contributed by atoms with van der Waals surface area (Å²) in [6.07, 6.45) is 3.08. The van der Waals surface area contributed by atoms with Gasteiger partial charge in [-0.1, -0.05) is 27.7 Å². The Morgan fingerprint density at radius 3 is 2.07 bits per heavy atom. The molecule has 0 aliphatic heterocycles. The number of hydrogen-bond donors (Lipinski definition) is 2. The summed E-state index contributed by atoms with van der Waals surface area (Å²) < 4.78 is 6.07. The first kappa shape index (κ1) is 21.5. The van der Waals surface area contributed by atoms with Gasteiger partial charge in [-0.3, -0.25) is 4.79 Å². The summed E-state index contributed by atoms with van der Waals surface area (Å²) in [4.78, 5) is 12.6. The molecule has 4 heteroatoms. The highest BCUT2D eigenvalue weighted by atomic mass is 16.5. The van der Waals surface area contributed by atoms with E-state index >= 15 is 0 Å². The van der Waals surface area contributed by atoms with E-state index in [1.807, 2.05) is 33.8 Å². The minimum Gasteiger partial charge on any atom is -0.507 e. The smallest absolute Gasteiger partial charge is 0.185 e. The number of phenolic OH excluding ortho intramolecular Hbond substituents is 1. The van der Waals surface area contributed by atoms with E-state index in [0.29, 0.717) is 22.6 Å². The van der Waals surface area contributed by atoms with Gasteiger partial charge in [-0.05, 0) is 79.3 Å². The largest absolute Gasteiger partial charge is 0.507 e. The number of benzene rings is 2. The Morgan fingerprint density at radius 2 is 1.57 bits per heavy atom. The molecule has 0 aliphatic carbocycles. The van der Waals surface area contributed by atoms with Crippen molar-refractivity contribution in [1.82, 2.24) is 0 Å². The van der Waals surface area contributed by atoms with E-state index in [-0.39, 0.29) is 29.5 Å². The number of anilines is 1. The van der Waals surface area contributed by atoms with Crippen molar-refractivity contribution in [2.24, 2.45) is 0 Å². The topological polar surface area (TPSA) is 72.5 Å². The van der Waals surface area contributed by atoms with Crippen LogP contribution in [0.3, 0.4) is 0 Å². The van der Waals surface area contributed by atoms with Crippen LogP contribution in [0.5, 0.6) is 11.5 Å². The fraction of sp³-hybridized carbons (Fsp3) is 0.375. The average molecular weight is 382 g/mol. The van der Waals surface area contributed by atoms with Gasteiger partial charge in [-0.2, -0.15) is 0 Å². The van der Waals surface area contributed by atoms with Crippen LogP contribution in [0.1, 0.15) is 80.4 Å². The van der Waals surface area contributed by atoms with E-state index < -0.39 is 0 Å². The predicted molar refractivity (Wildman–Crippen MR) is 116 cm³/mol. The zero-order valence-corrected chi connectivity index (χ0v) is 17.6. The van der Waals surface area contributed by atoms with E-state index in [0.717, 1.165) is 11.1 Å². The van der Waals surface area contributed by atoms with E-state index in [1.165, 1.54) is 6.08 Å². The van der Waals surface area contributed by atoms with Crippen molar-refractivity contribution in [2.45, 2.75) is 59.5 Å². The molecule has 0 fully saturated rings. The normalized spacial score (nSPS) is 11.8. The maximum absolute atomic E-state index is 12.6. The second kappa shape index (κ2) is 8.96. The zero-order valence-electron chi connectivity index (χ0n) is 17.6. The van der Waals surface area contributed by atoms with Crippen molar-refractivity contribution in [2.75, 3.05) is 5.73 Å². The van der Waals surface area contributed by atoms with Gasteiger partial charge in [0.1, 0.15) is 11.5 Å². The van der Waals surface area contributed by atoms with Crippen LogP contribution >= 0.6 is 0 Å². The Hall–Kier alpha value is -2.75. The van der Waals surface area contributed by atoms with E-state index in [4.69, 9.17) is 10.5 Å². The maximum Gasteiger partial charge on any atom is 0.185 e. The standard InChI is InChI=1S/C24H31NO3/c1-14(2)20-13-21(15(3)4)24(28-16(5)6)19(23(20)27)11-12-22(26)17-7-9-18(25)10-8-17/h7-16,27H,25H2,1-6H3/b12-11+. The molecular formula is C24H31NO3. The zero-order chi connectivity index (χ0) is 21.0. The number of hydrogen-bond acceptors (Lipinski definition) is 4. The number of carbonyl (C=O) groups is 1. The Kier molecular flexibility index (Phi) is 6.90. The average Bonchev–Trinajstić information content (AvgIpc) is 2.60. The predicted octanol–water partition coefficient (Wildman–Crippen LogP) is 5.90. The van der Waals surface area contributed by atoms with Gasteiger partial charge in [0.05, 0.1) is 11.7 Å². The summed E-state index contributed by atoms with van der Waals surface area (Å²) in [5.74, 6) is 0.998.